The zero-order chi connectivity index (χ0) is 9.71. The standard InChI is InChI=1S/C12H22N2/c1-9-3-10-5-14(6-11(10)4-9)12-7-13(2)8-12/h9-12H,3-8H2,1-2H3/t9?,10-,11+. The second-order valence-corrected chi connectivity index (χ2v) is 5.93. The Hall–Kier alpha value is -0.0800. The first-order valence-corrected chi connectivity index (χ1v) is 6.15. The van der Waals surface area contributed by atoms with E-state index in [-0.39, 0.29) is 0 Å². The van der Waals surface area contributed by atoms with Crippen LogP contribution in [0.15, 0.2) is 0 Å². The fraction of sp³-hybridized carbons (Fsp3) is 1.00. The highest BCUT2D eigenvalue weighted by Crippen LogP contribution is 2.42. The van der Waals surface area contributed by atoms with Crippen LogP contribution in [0.3, 0.4) is 0 Å². The molecular weight excluding hydrogens is 172 g/mol. The Morgan fingerprint density at radius 3 is 2.00 bits per heavy atom. The van der Waals surface area contributed by atoms with Crippen LogP contribution in [0.4, 0.5) is 0 Å². The molecule has 1 unspecified atom stereocenters. The van der Waals surface area contributed by atoms with Gasteiger partial charge in [0.15, 0.2) is 0 Å². The molecule has 2 nitrogen and oxygen atoms in total. The van der Waals surface area contributed by atoms with Gasteiger partial charge < -0.3 is 4.90 Å². The molecule has 0 N–H and O–H groups in total. The fourth-order valence-electron chi connectivity index (χ4n) is 3.83. The molecule has 0 radical (unpaired) electrons. The molecule has 2 saturated heterocycles. The Morgan fingerprint density at radius 2 is 1.50 bits per heavy atom. The van der Waals surface area contributed by atoms with Crippen molar-refractivity contribution in [3.05, 3.63) is 0 Å². The highest BCUT2D eigenvalue weighted by atomic mass is 15.3. The Bertz CT molecular complexity index is 208. The Kier molecular flexibility index (Phi) is 2.10. The normalized spacial score (nSPS) is 45.4. The topological polar surface area (TPSA) is 6.48 Å². The molecule has 14 heavy (non-hydrogen) atoms. The van der Waals surface area contributed by atoms with E-state index in [0.717, 1.165) is 23.8 Å². The van der Waals surface area contributed by atoms with Gasteiger partial charge in [-0.15, -0.1) is 0 Å². The first-order valence-electron chi connectivity index (χ1n) is 6.15. The van der Waals surface area contributed by atoms with Crippen LogP contribution in [0.25, 0.3) is 0 Å². The molecule has 2 heterocycles. The molecule has 3 aliphatic rings. The van der Waals surface area contributed by atoms with Gasteiger partial charge in [0.2, 0.25) is 0 Å². The van der Waals surface area contributed by atoms with Crippen molar-refractivity contribution >= 4 is 0 Å². The third-order valence-electron chi connectivity index (χ3n) is 4.58. The Morgan fingerprint density at radius 1 is 0.929 bits per heavy atom. The fourth-order valence-corrected chi connectivity index (χ4v) is 3.83. The van der Waals surface area contributed by atoms with Crippen molar-refractivity contribution < 1.29 is 0 Å². The zero-order valence-electron chi connectivity index (χ0n) is 9.45. The van der Waals surface area contributed by atoms with E-state index < -0.39 is 0 Å². The number of hydrogen-bond donors (Lipinski definition) is 0. The van der Waals surface area contributed by atoms with Crippen LogP contribution in [-0.2, 0) is 0 Å². The smallest absolute Gasteiger partial charge is 0.0350 e. The predicted molar refractivity (Wildman–Crippen MR) is 58.2 cm³/mol. The van der Waals surface area contributed by atoms with Crippen molar-refractivity contribution in [2.24, 2.45) is 17.8 Å². The predicted octanol–water partition coefficient (Wildman–Crippen LogP) is 1.28. The van der Waals surface area contributed by atoms with Crippen molar-refractivity contribution in [3.8, 4) is 0 Å². The van der Waals surface area contributed by atoms with Crippen LogP contribution in [0.1, 0.15) is 19.8 Å². The molecule has 3 fully saturated rings. The summed E-state index contributed by atoms with van der Waals surface area (Å²) in [4.78, 5) is 5.20. The number of likely N-dealkylation sites (N-methyl/N-ethyl adjacent to an activating group) is 1. The molecule has 0 bridgehead atoms. The van der Waals surface area contributed by atoms with E-state index in [1.807, 2.05) is 0 Å². The van der Waals surface area contributed by atoms with E-state index in [1.54, 1.807) is 0 Å². The van der Waals surface area contributed by atoms with E-state index in [0.29, 0.717) is 0 Å². The molecule has 0 spiro atoms. The second kappa shape index (κ2) is 3.21. The number of nitrogens with zero attached hydrogens (tertiary/aromatic N) is 2. The lowest BCUT2D eigenvalue weighted by Crippen LogP contribution is -2.57. The molecule has 2 aliphatic heterocycles. The summed E-state index contributed by atoms with van der Waals surface area (Å²) in [5, 5.41) is 0. The van der Waals surface area contributed by atoms with Gasteiger partial charge in [0.25, 0.3) is 0 Å². The van der Waals surface area contributed by atoms with Gasteiger partial charge in [-0.05, 0) is 37.6 Å². The number of rotatable bonds is 1. The van der Waals surface area contributed by atoms with E-state index in [1.165, 1.54) is 39.0 Å². The third kappa shape index (κ3) is 1.40. The minimum absolute atomic E-state index is 0.904. The van der Waals surface area contributed by atoms with Crippen LogP contribution in [-0.4, -0.2) is 49.1 Å². The van der Waals surface area contributed by atoms with Crippen LogP contribution in [0, 0.1) is 17.8 Å². The van der Waals surface area contributed by atoms with E-state index in [2.05, 4.69) is 23.8 Å². The molecule has 80 valence electrons. The van der Waals surface area contributed by atoms with Gasteiger partial charge in [0.05, 0.1) is 0 Å². The van der Waals surface area contributed by atoms with Crippen molar-refractivity contribution in [2.45, 2.75) is 25.8 Å². The summed E-state index contributed by atoms with van der Waals surface area (Å²) < 4.78 is 0. The van der Waals surface area contributed by atoms with Gasteiger partial charge in [-0.2, -0.15) is 0 Å². The highest BCUT2D eigenvalue weighted by Gasteiger charge is 2.43. The Labute approximate surface area is 87.3 Å². The van der Waals surface area contributed by atoms with E-state index >= 15 is 0 Å². The average molecular weight is 194 g/mol. The second-order valence-electron chi connectivity index (χ2n) is 5.93. The molecular formula is C12H22N2. The molecule has 0 aromatic heterocycles. The lowest BCUT2D eigenvalue weighted by Gasteiger charge is -2.42. The summed E-state index contributed by atoms with van der Waals surface area (Å²) in [6.07, 6.45) is 3.01. The molecule has 3 atom stereocenters. The third-order valence-corrected chi connectivity index (χ3v) is 4.58. The maximum Gasteiger partial charge on any atom is 0.0350 e. The van der Waals surface area contributed by atoms with Crippen LogP contribution in [0.5, 0.6) is 0 Å². The summed E-state index contributed by atoms with van der Waals surface area (Å²) in [5.74, 6) is 3.11. The van der Waals surface area contributed by atoms with Crippen molar-refractivity contribution in [2.75, 3.05) is 33.2 Å². The van der Waals surface area contributed by atoms with E-state index in [9.17, 15) is 0 Å². The molecule has 1 aliphatic carbocycles. The van der Waals surface area contributed by atoms with Gasteiger partial charge in [-0.3, -0.25) is 4.90 Å². The maximum atomic E-state index is 2.77. The van der Waals surface area contributed by atoms with Gasteiger partial charge in [0, 0.05) is 32.2 Å². The SMILES string of the molecule is CC1C[C@@H]2CN(C3CN(C)C3)C[C@@H]2C1. The van der Waals surface area contributed by atoms with Crippen molar-refractivity contribution in [1.29, 1.82) is 0 Å². The largest absolute Gasteiger partial charge is 0.303 e. The molecule has 1 saturated carbocycles. The monoisotopic (exact) mass is 194 g/mol. The summed E-state index contributed by atoms with van der Waals surface area (Å²) in [5.41, 5.74) is 0. The zero-order valence-corrected chi connectivity index (χ0v) is 9.45. The minimum atomic E-state index is 0.904. The van der Waals surface area contributed by atoms with Crippen molar-refractivity contribution in [3.63, 3.8) is 0 Å². The van der Waals surface area contributed by atoms with Crippen LogP contribution in [0.2, 0.25) is 0 Å². The van der Waals surface area contributed by atoms with Gasteiger partial charge in [-0.1, -0.05) is 6.92 Å². The molecule has 0 aromatic rings. The van der Waals surface area contributed by atoms with Gasteiger partial charge in [0.1, 0.15) is 0 Å². The number of fused-ring (bicyclic) bond motifs is 1. The number of hydrogen-bond acceptors (Lipinski definition) is 2. The van der Waals surface area contributed by atoms with Gasteiger partial charge >= 0.3 is 0 Å². The van der Waals surface area contributed by atoms with Crippen LogP contribution >= 0.6 is 0 Å². The highest BCUT2D eigenvalue weighted by molar-refractivity contribution is 4.96. The van der Waals surface area contributed by atoms with Crippen LogP contribution < -0.4 is 0 Å². The molecule has 3 rings (SSSR count). The molecule has 2 heteroatoms. The minimum Gasteiger partial charge on any atom is -0.303 e. The average Bonchev–Trinajstić information content (AvgIpc) is 2.54. The Balaban J connectivity index is 1.57. The first-order chi connectivity index (χ1) is 6.72. The lowest BCUT2D eigenvalue weighted by atomic mass is 10.0. The quantitative estimate of drug-likeness (QED) is 0.620. The number of likely N-dealkylation sites (tertiary alicyclic amines) is 2. The van der Waals surface area contributed by atoms with Crippen molar-refractivity contribution in [1.82, 2.24) is 9.80 Å². The lowest BCUT2D eigenvalue weighted by molar-refractivity contribution is 0.0627. The van der Waals surface area contributed by atoms with Gasteiger partial charge in [-0.25, -0.2) is 0 Å². The molecule has 0 amide bonds. The maximum absolute atomic E-state index is 2.77. The molecule has 0 aromatic carbocycles. The summed E-state index contributed by atoms with van der Waals surface area (Å²) in [7, 11) is 2.23. The van der Waals surface area contributed by atoms with E-state index in [4.69, 9.17) is 0 Å². The summed E-state index contributed by atoms with van der Waals surface area (Å²) in [6, 6.07) is 0.904. The summed E-state index contributed by atoms with van der Waals surface area (Å²) >= 11 is 0. The first kappa shape index (κ1) is 9.17. The summed E-state index contributed by atoms with van der Waals surface area (Å²) in [6.45, 7) is 7.88.